The normalized spacial score (nSPS) is 15.5. The lowest BCUT2D eigenvalue weighted by atomic mass is 9.59. The first kappa shape index (κ1) is 38.5. The van der Waals surface area contributed by atoms with Crippen molar-refractivity contribution in [3.8, 4) is 55.6 Å². The van der Waals surface area contributed by atoms with Gasteiger partial charge in [-0.05, 0) is 125 Å². The number of rotatable bonds is 7. The molecule has 0 unspecified atom stereocenters. The Kier molecular flexibility index (Phi) is 8.77. The maximum absolute atomic E-state index is 2.60. The molecule has 4 aliphatic rings. The van der Waals surface area contributed by atoms with Crippen LogP contribution in [0.25, 0.3) is 55.6 Å². The zero-order chi connectivity index (χ0) is 43.9. The highest BCUT2D eigenvalue weighted by Crippen LogP contribution is 2.62. The molecule has 0 aliphatic heterocycles. The van der Waals surface area contributed by atoms with Gasteiger partial charge < -0.3 is 4.90 Å². The van der Waals surface area contributed by atoms with Gasteiger partial charge in [0.1, 0.15) is 0 Å². The first-order valence-electron chi connectivity index (χ1n) is 23.3. The number of hydrogen-bond acceptors (Lipinski definition) is 1. The van der Waals surface area contributed by atoms with Crippen molar-refractivity contribution in [2.75, 3.05) is 4.90 Å². The standard InChI is InChI=1S/C65H47N/c1-65(2)57-30-15-13-25-51(57)52-37-36-48(41-58(52)65)66(59-31-16-14-24-49(59)45-20-7-4-8-21-45)60-39-38-50(47-23-17-22-46(40-47)44-34-32-43(33-35-44)42-18-5-3-6-19-42)63-61-53-26-9-11-28-55(53)62(64(60)63)56-29-12-10-27-54(56)61/h3-41,61-62H,1-2H3. The van der Waals surface area contributed by atoms with E-state index in [4.69, 9.17) is 0 Å². The summed E-state index contributed by atoms with van der Waals surface area (Å²) in [6.07, 6.45) is 0. The summed E-state index contributed by atoms with van der Waals surface area (Å²) in [5, 5.41) is 0. The highest BCUT2D eigenvalue weighted by Gasteiger charge is 2.45. The second-order valence-corrected chi connectivity index (χ2v) is 18.7. The quantitative estimate of drug-likeness (QED) is 0.155. The molecule has 0 fully saturated rings. The molecule has 0 radical (unpaired) electrons. The predicted molar refractivity (Wildman–Crippen MR) is 275 cm³/mol. The molecule has 0 N–H and O–H groups in total. The summed E-state index contributed by atoms with van der Waals surface area (Å²) in [6.45, 7) is 4.78. The highest BCUT2D eigenvalue weighted by atomic mass is 15.1. The van der Waals surface area contributed by atoms with E-state index in [1.165, 1.54) is 106 Å². The van der Waals surface area contributed by atoms with E-state index in [2.05, 4.69) is 255 Å². The number of anilines is 3. The summed E-state index contributed by atoms with van der Waals surface area (Å²) in [5.74, 6) is 0.114. The van der Waals surface area contributed by atoms with Crippen LogP contribution in [-0.4, -0.2) is 0 Å². The minimum atomic E-state index is -0.153. The van der Waals surface area contributed by atoms with Gasteiger partial charge in [-0.15, -0.1) is 0 Å². The van der Waals surface area contributed by atoms with Gasteiger partial charge in [-0.2, -0.15) is 0 Å². The monoisotopic (exact) mass is 841 g/mol. The molecule has 1 nitrogen and oxygen atoms in total. The van der Waals surface area contributed by atoms with E-state index in [1.807, 2.05) is 0 Å². The van der Waals surface area contributed by atoms with Gasteiger partial charge in [-0.25, -0.2) is 0 Å². The number of benzene rings is 10. The average Bonchev–Trinajstić information content (AvgIpc) is 3.62. The lowest BCUT2D eigenvalue weighted by Crippen LogP contribution is -2.30. The topological polar surface area (TPSA) is 3.24 Å². The summed E-state index contributed by atoms with van der Waals surface area (Å²) in [6, 6.07) is 88.4. The zero-order valence-corrected chi connectivity index (χ0v) is 37.1. The third-order valence-corrected chi connectivity index (χ3v) is 14.9. The molecule has 0 heterocycles. The van der Waals surface area contributed by atoms with Crippen LogP contribution >= 0.6 is 0 Å². The molecule has 312 valence electrons. The number of nitrogens with zero attached hydrogens (tertiary/aromatic N) is 1. The maximum atomic E-state index is 2.60. The molecule has 0 amide bonds. The van der Waals surface area contributed by atoms with E-state index in [1.54, 1.807) is 0 Å². The van der Waals surface area contributed by atoms with Crippen molar-refractivity contribution >= 4 is 17.1 Å². The molecule has 14 rings (SSSR count). The average molecular weight is 842 g/mol. The van der Waals surface area contributed by atoms with Crippen LogP contribution in [0.4, 0.5) is 17.1 Å². The van der Waals surface area contributed by atoms with Gasteiger partial charge in [0.15, 0.2) is 0 Å². The fourth-order valence-electron chi connectivity index (χ4n) is 11.8. The van der Waals surface area contributed by atoms with Gasteiger partial charge >= 0.3 is 0 Å². The van der Waals surface area contributed by atoms with Crippen LogP contribution < -0.4 is 4.90 Å². The Morgan fingerprint density at radius 3 is 1.47 bits per heavy atom. The maximum Gasteiger partial charge on any atom is 0.0540 e. The predicted octanol–water partition coefficient (Wildman–Crippen LogP) is 17.1. The number of para-hydroxylation sites is 1. The Morgan fingerprint density at radius 1 is 0.303 bits per heavy atom. The lowest BCUT2D eigenvalue weighted by Gasteiger charge is -2.45. The smallest absolute Gasteiger partial charge is 0.0540 e. The lowest BCUT2D eigenvalue weighted by molar-refractivity contribution is 0.660. The third kappa shape index (κ3) is 5.86. The van der Waals surface area contributed by atoms with Crippen molar-refractivity contribution < 1.29 is 0 Å². The van der Waals surface area contributed by atoms with Crippen LogP contribution in [0.3, 0.4) is 0 Å². The molecule has 0 aromatic heterocycles. The molecule has 0 spiro atoms. The van der Waals surface area contributed by atoms with E-state index in [0.717, 1.165) is 11.4 Å². The van der Waals surface area contributed by atoms with Crippen molar-refractivity contribution in [3.05, 3.63) is 281 Å². The van der Waals surface area contributed by atoms with Crippen LogP contribution in [-0.2, 0) is 5.41 Å². The first-order chi connectivity index (χ1) is 32.5. The molecule has 0 saturated carbocycles. The zero-order valence-electron chi connectivity index (χ0n) is 37.1. The molecule has 10 aromatic carbocycles. The van der Waals surface area contributed by atoms with E-state index in [-0.39, 0.29) is 17.3 Å². The molecule has 0 saturated heterocycles. The largest absolute Gasteiger partial charge is 0.310 e. The van der Waals surface area contributed by atoms with Crippen LogP contribution in [0.2, 0.25) is 0 Å². The first-order valence-corrected chi connectivity index (χ1v) is 23.3. The van der Waals surface area contributed by atoms with Gasteiger partial charge in [-0.1, -0.05) is 220 Å². The second kappa shape index (κ2) is 15.0. The summed E-state index contributed by atoms with van der Waals surface area (Å²) < 4.78 is 0. The fourth-order valence-corrected chi connectivity index (χ4v) is 11.8. The van der Waals surface area contributed by atoms with E-state index < -0.39 is 0 Å². The Labute approximate surface area is 388 Å². The van der Waals surface area contributed by atoms with Crippen LogP contribution in [0.1, 0.15) is 70.2 Å². The minimum Gasteiger partial charge on any atom is -0.310 e. The third-order valence-electron chi connectivity index (χ3n) is 14.9. The van der Waals surface area contributed by atoms with E-state index in [9.17, 15) is 0 Å². The Bertz CT molecular complexity index is 3460. The van der Waals surface area contributed by atoms with Crippen LogP contribution in [0.5, 0.6) is 0 Å². The summed E-state index contributed by atoms with van der Waals surface area (Å²) in [7, 11) is 0. The highest BCUT2D eigenvalue weighted by molar-refractivity contribution is 5.95. The molecule has 2 bridgehead atoms. The number of hydrogen-bond donors (Lipinski definition) is 0. The van der Waals surface area contributed by atoms with Crippen LogP contribution in [0.15, 0.2) is 237 Å². The van der Waals surface area contributed by atoms with Gasteiger partial charge in [0.25, 0.3) is 0 Å². The number of fused-ring (bicyclic) bond motifs is 3. The van der Waals surface area contributed by atoms with Crippen molar-refractivity contribution in [2.45, 2.75) is 31.1 Å². The fraction of sp³-hybridized carbons (Fsp3) is 0.0769. The van der Waals surface area contributed by atoms with E-state index >= 15 is 0 Å². The molecule has 4 aliphatic carbocycles. The summed E-state index contributed by atoms with van der Waals surface area (Å²) in [4.78, 5) is 2.60. The van der Waals surface area contributed by atoms with Gasteiger partial charge in [0.05, 0.1) is 11.4 Å². The molecule has 66 heavy (non-hydrogen) atoms. The van der Waals surface area contributed by atoms with Crippen molar-refractivity contribution in [3.63, 3.8) is 0 Å². The van der Waals surface area contributed by atoms with Gasteiger partial charge in [0.2, 0.25) is 0 Å². The molecule has 10 aromatic rings. The van der Waals surface area contributed by atoms with Crippen LogP contribution in [0, 0.1) is 0 Å². The van der Waals surface area contributed by atoms with Crippen molar-refractivity contribution in [1.29, 1.82) is 0 Å². The Morgan fingerprint density at radius 2 is 0.788 bits per heavy atom. The van der Waals surface area contributed by atoms with E-state index in [0.29, 0.717) is 0 Å². The summed E-state index contributed by atoms with van der Waals surface area (Å²) >= 11 is 0. The van der Waals surface area contributed by atoms with Gasteiger partial charge in [0, 0.05) is 28.5 Å². The molecular formula is C65H47N. The Balaban J connectivity index is 1.06. The molecular weight excluding hydrogens is 795 g/mol. The van der Waals surface area contributed by atoms with Gasteiger partial charge in [-0.3, -0.25) is 0 Å². The summed E-state index contributed by atoms with van der Waals surface area (Å²) in [5.41, 5.74) is 27.0. The second-order valence-electron chi connectivity index (χ2n) is 18.7. The SMILES string of the molecule is CC1(C)c2ccccc2-c2ccc(N(c3ccccc3-c3ccccc3)c3ccc(-c4cccc(-c5ccc(-c6ccccc6)cc5)c4)c4c3C3c5ccccc5C4c4ccccc43)cc21. The molecule has 1 heteroatoms. The molecule has 0 atom stereocenters. The Hall–Kier alpha value is -8.00. The van der Waals surface area contributed by atoms with Crippen molar-refractivity contribution in [2.24, 2.45) is 0 Å². The van der Waals surface area contributed by atoms with Crippen molar-refractivity contribution in [1.82, 2.24) is 0 Å². The minimum absolute atomic E-state index is 0.0441.